The van der Waals surface area contributed by atoms with Gasteiger partial charge in [0.15, 0.2) is 0 Å². The van der Waals surface area contributed by atoms with Crippen LogP contribution in [0, 0.1) is 5.92 Å². The SMILES string of the molecule is CCCCCOC1C(C(=O)CCC)CC(C)(C)N(CCCC)C1(C)C. The molecule has 1 fully saturated rings. The summed E-state index contributed by atoms with van der Waals surface area (Å²) in [6.45, 7) is 17.6. The van der Waals surface area contributed by atoms with Gasteiger partial charge in [-0.2, -0.15) is 0 Å². The largest absolute Gasteiger partial charge is 0.376 e. The average Bonchev–Trinajstić information content (AvgIpc) is 2.52. The van der Waals surface area contributed by atoms with Crippen LogP contribution in [0.1, 0.15) is 99.8 Å². The minimum Gasteiger partial charge on any atom is -0.376 e. The van der Waals surface area contributed by atoms with Gasteiger partial charge in [0, 0.05) is 30.0 Å². The first-order valence-corrected chi connectivity index (χ1v) is 10.6. The van der Waals surface area contributed by atoms with Crippen LogP contribution in [0.4, 0.5) is 0 Å². The van der Waals surface area contributed by atoms with Crippen LogP contribution in [-0.2, 0) is 9.53 Å². The minimum atomic E-state index is -0.114. The molecular formula is C22H43NO2. The zero-order chi connectivity index (χ0) is 19.1. The Kier molecular flexibility index (Phi) is 9.11. The van der Waals surface area contributed by atoms with Gasteiger partial charge >= 0.3 is 0 Å². The van der Waals surface area contributed by atoms with Crippen LogP contribution in [0.2, 0.25) is 0 Å². The Hall–Kier alpha value is -0.410. The van der Waals surface area contributed by atoms with Gasteiger partial charge < -0.3 is 4.74 Å². The number of carbonyl (C=O) groups is 1. The van der Waals surface area contributed by atoms with Gasteiger partial charge in [0.05, 0.1) is 6.10 Å². The Morgan fingerprint density at radius 3 is 2.20 bits per heavy atom. The predicted octanol–water partition coefficient (Wildman–Crippen LogP) is 5.61. The summed E-state index contributed by atoms with van der Waals surface area (Å²) in [7, 11) is 0. The second-order valence-corrected chi connectivity index (χ2v) is 9.00. The van der Waals surface area contributed by atoms with E-state index in [0.29, 0.717) is 12.2 Å². The summed E-state index contributed by atoms with van der Waals surface area (Å²) in [4.78, 5) is 15.5. The van der Waals surface area contributed by atoms with Gasteiger partial charge in [-0.3, -0.25) is 9.69 Å². The maximum Gasteiger partial charge on any atom is 0.138 e. The van der Waals surface area contributed by atoms with Crippen LogP contribution in [0.3, 0.4) is 0 Å². The number of unbranched alkanes of at least 4 members (excludes halogenated alkanes) is 3. The second-order valence-electron chi connectivity index (χ2n) is 9.00. The van der Waals surface area contributed by atoms with E-state index in [-0.39, 0.29) is 23.1 Å². The maximum absolute atomic E-state index is 12.9. The molecule has 3 nitrogen and oxygen atoms in total. The summed E-state index contributed by atoms with van der Waals surface area (Å²) in [5.74, 6) is 0.434. The molecule has 0 N–H and O–H groups in total. The van der Waals surface area contributed by atoms with Crippen LogP contribution < -0.4 is 0 Å². The third kappa shape index (κ3) is 5.79. The van der Waals surface area contributed by atoms with Crippen molar-refractivity contribution in [2.75, 3.05) is 13.2 Å². The molecule has 1 aliphatic heterocycles. The third-order valence-corrected chi connectivity index (χ3v) is 5.90. The lowest BCUT2D eigenvalue weighted by Crippen LogP contribution is -2.69. The molecule has 0 saturated carbocycles. The molecule has 3 heteroatoms. The minimum absolute atomic E-state index is 0.00767. The summed E-state index contributed by atoms with van der Waals surface area (Å²) in [6, 6.07) is 0. The second kappa shape index (κ2) is 10.1. The number of piperidine rings is 1. The van der Waals surface area contributed by atoms with E-state index in [0.717, 1.165) is 32.4 Å². The highest BCUT2D eigenvalue weighted by molar-refractivity contribution is 5.82. The van der Waals surface area contributed by atoms with E-state index in [9.17, 15) is 4.79 Å². The Balaban J connectivity index is 3.04. The number of ether oxygens (including phenoxy) is 1. The van der Waals surface area contributed by atoms with Gasteiger partial charge in [0.2, 0.25) is 0 Å². The Morgan fingerprint density at radius 2 is 1.64 bits per heavy atom. The molecule has 1 rings (SSSR count). The lowest BCUT2D eigenvalue weighted by molar-refractivity contribution is -0.170. The predicted molar refractivity (Wildman–Crippen MR) is 107 cm³/mol. The maximum atomic E-state index is 12.9. The molecular weight excluding hydrogens is 310 g/mol. The Labute approximate surface area is 156 Å². The summed E-state index contributed by atoms with van der Waals surface area (Å²) in [5.41, 5.74) is -0.0762. The fraction of sp³-hybridized carbons (Fsp3) is 0.955. The van der Waals surface area contributed by atoms with Gasteiger partial charge in [-0.25, -0.2) is 0 Å². The van der Waals surface area contributed by atoms with Crippen molar-refractivity contribution in [2.24, 2.45) is 5.92 Å². The van der Waals surface area contributed by atoms with Crippen molar-refractivity contribution < 1.29 is 9.53 Å². The average molecular weight is 354 g/mol. The first-order valence-electron chi connectivity index (χ1n) is 10.6. The molecule has 0 aromatic rings. The van der Waals surface area contributed by atoms with Gasteiger partial charge in [-0.15, -0.1) is 0 Å². The summed E-state index contributed by atoms with van der Waals surface area (Å²) in [5, 5.41) is 0. The van der Waals surface area contributed by atoms with Crippen molar-refractivity contribution in [3.63, 3.8) is 0 Å². The van der Waals surface area contributed by atoms with E-state index >= 15 is 0 Å². The highest BCUT2D eigenvalue weighted by Gasteiger charge is 2.53. The first-order chi connectivity index (χ1) is 11.7. The van der Waals surface area contributed by atoms with Gasteiger partial charge in [0.25, 0.3) is 0 Å². The number of Topliss-reactive ketones (excluding diaryl/α,β-unsaturated/α-hetero) is 1. The number of ketones is 1. The highest BCUT2D eigenvalue weighted by Crippen LogP contribution is 2.44. The molecule has 0 radical (unpaired) electrons. The molecule has 2 unspecified atom stereocenters. The van der Waals surface area contributed by atoms with E-state index in [4.69, 9.17) is 4.74 Å². The molecule has 0 amide bonds. The van der Waals surface area contributed by atoms with E-state index in [1.165, 1.54) is 25.7 Å². The van der Waals surface area contributed by atoms with Gasteiger partial charge in [0.1, 0.15) is 5.78 Å². The van der Waals surface area contributed by atoms with Crippen molar-refractivity contribution in [3.8, 4) is 0 Å². The summed E-state index contributed by atoms with van der Waals surface area (Å²) < 4.78 is 6.42. The molecule has 0 aromatic carbocycles. The van der Waals surface area contributed by atoms with Crippen molar-refractivity contribution in [2.45, 2.75) is 117 Å². The first kappa shape index (κ1) is 22.6. The fourth-order valence-electron chi connectivity index (χ4n) is 4.69. The van der Waals surface area contributed by atoms with Crippen molar-refractivity contribution in [1.82, 2.24) is 4.90 Å². The van der Waals surface area contributed by atoms with Crippen LogP contribution >= 0.6 is 0 Å². The van der Waals surface area contributed by atoms with E-state index in [1.54, 1.807) is 0 Å². The topological polar surface area (TPSA) is 29.5 Å². The normalized spacial score (nSPS) is 25.9. The quantitative estimate of drug-likeness (QED) is 0.452. The molecule has 0 aromatic heterocycles. The molecule has 0 bridgehead atoms. The molecule has 0 aliphatic carbocycles. The highest BCUT2D eigenvalue weighted by atomic mass is 16.5. The van der Waals surface area contributed by atoms with E-state index in [1.807, 2.05) is 0 Å². The van der Waals surface area contributed by atoms with E-state index in [2.05, 4.69) is 53.4 Å². The lowest BCUT2D eigenvalue weighted by atomic mass is 9.69. The molecule has 1 heterocycles. The Morgan fingerprint density at radius 1 is 1.00 bits per heavy atom. The number of nitrogens with zero attached hydrogens (tertiary/aromatic N) is 1. The van der Waals surface area contributed by atoms with Crippen molar-refractivity contribution >= 4 is 5.78 Å². The van der Waals surface area contributed by atoms with E-state index < -0.39 is 0 Å². The molecule has 1 aliphatic rings. The summed E-state index contributed by atoms with van der Waals surface area (Å²) in [6.07, 6.45) is 8.42. The monoisotopic (exact) mass is 353 g/mol. The van der Waals surface area contributed by atoms with Gasteiger partial charge in [-0.1, -0.05) is 40.0 Å². The van der Waals surface area contributed by atoms with Crippen LogP contribution in [0.15, 0.2) is 0 Å². The zero-order valence-corrected chi connectivity index (χ0v) is 18.0. The summed E-state index contributed by atoms with van der Waals surface area (Å²) >= 11 is 0. The standard InChI is InChI=1S/C22H43NO2/c1-8-11-13-16-25-20-18(19(24)14-10-3)17-21(4,5)23(15-12-9-2)22(20,6)7/h18,20H,8-17H2,1-7H3. The smallest absolute Gasteiger partial charge is 0.138 e. The third-order valence-electron chi connectivity index (χ3n) is 5.90. The Bertz CT molecular complexity index is 403. The molecule has 25 heavy (non-hydrogen) atoms. The van der Waals surface area contributed by atoms with Crippen molar-refractivity contribution in [1.29, 1.82) is 0 Å². The molecule has 148 valence electrons. The lowest BCUT2D eigenvalue weighted by Gasteiger charge is -2.58. The molecule has 2 atom stereocenters. The fourth-order valence-corrected chi connectivity index (χ4v) is 4.69. The van der Waals surface area contributed by atoms with Crippen LogP contribution in [0.5, 0.6) is 0 Å². The van der Waals surface area contributed by atoms with Gasteiger partial charge in [-0.05, 0) is 59.9 Å². The molecule has 0 spiro atoms. The number of hydrogen-bond acceptors (Lipinski definition) is 3. The number of likely N-dealkylation sites (tertiary alicyclic amines) is 1. The van der Waals surface area contributed by atoms with Crippen LogP contribution in [-0.4, -0.2) is 41.0 Å². The molecule has 1 saturated heterocycles. The number of hydrogen-bond donors (Lipinski definition) is 0. The van der Waals surface area contributed by atoms with Crippen LogP contribution in [0.25, 0.3) is 0 Å². The number of carbonyl (C=O) groups excluding carboxylic acids is 1. The number of rotatable bonds is 11. The zero-order valence-electron chi connectivity index (χ0n) is 18.0. The van der Waals surface area contributed by atoms with Crippen molar-refractivity contribution in [3.05, 3.63) is 0 Å².